The molecule has 2 aromatic rings. The second-order valence-corrected chi connectivity index (χ2v) is 7.54. The maximum Gasteiger partial charge on any atom is 0.251 e. The first-order chi connectivity index (χ1) is 11.8. The zero-order valence-corrected chi connectivity index (χ0v) is 15.0. The molecule has 1 fully saturated rings. The van der Waals surface area contributed by atoms with Crippen molar-refractivity contribution in [2.45, 2.75) is 38.6 Å². The molecule has 0 unspecified atom stereocenters. The molecule has 1 N–H and O–H groups in total. The van der Waals surface area contributed by atoms with Gasteiger partial charge in [-0.25, -0.2) is 0 Å². The van der Waals surface area contributed by atoms with Crippen molar-refractivity contribution in [2.75, 3.05) is 11.4 Å². The molecule has 0 spiro atoms. The Balaban J connectivity index is 1.65. The Morgan fingerprint density at radius 1 is 1.04 bits per heavy atom. The highest BCUT2D eigenvalue weighted by molar-refractivity contribution is 5.98. The molecule has 1 aliphatic rings. The third kappa shape index (κ3) is 3.90. The lowest BCUT2D eigenvalue weighted by molar-refractivity contribution is -0.117. The van der Waals surface area contributed by atoms with Gasteiger partial charge in [0.05, 0.1) is 6.04 Å². The zero-order chi connectivity index (χ0) is 18.0. The summed E-state index contributed by atoms with van der Waals surface area (Å²) in [6, 6.07) is 17.1. The Bertz CT molecular complexity index is 761. The molecule has 2 aromatic carbocycles. The fraction of sp³-hybridized carbons (Fsp3) is 0.333. The van der Waals surface area contributed by atoms with E-state index in [-0.39, 0.29) is 23.3 Å². The van der Waals surface area contributed by atoms with Gasteiger partial charge in [-0.3, -0.25) is 9.59 Å². The van der Waals surface area contributed by atoms with Crippen molar-refractivity contribution in [1.29, 1.82) is 0 Å². The standard InChI is InChI=1S/C21H24N2O2/c1-21(2,3)16-11-9-15(10-12-16)20(25)22-17-13-19(24)23(14-17)18-7-5-4-6-8-18/h4-12,17H,13-14H2,1-3H3,(H,22,25)/t17-/m1/s1. The van der Waals surface area contributed by atoms with Gasteiger partial charge in [-0.2, -0.15) is 0 Å². The third-order valence-corrected chi connectivity index (χ3v) is 4.54. The number of hydrogen-bond donors (Lipinski definition) is 1. The van der Waals surface area contributed by atoms with Crippen molar-refractivity contribution in [3.8, 4) is 0 Å². The number of carbonyl (C=O) groups is 2. The van der Waals surface area contributed by atoms with Crippen molar-refractivity contribution < 1.29 is 9.59 Å². The molecule has 0 radical (unpaired) electrons. The molecular weight excluding hydrogens is 312 g/mol. The summed E-state index contributed by atoms with van der Waals surface area (Å²) in [4.78, 5) is 26.4. The molecule has 1 saturated heterocycles. The van der Waals surface area contributed by atoms with Crippen molar-refractivity contribution in [3.05, 3.63) is 65.7 Å². The zero-order valence-electron chi connectivity index (χ0n) is 15.0. The van der Waals surface area contributed by atoms with Gasteiger partial charge in [0, 0.05) is 24.2 Å². The summed E-state index contributed by atoms with van der Waals surface area (Å²) < 4.78 is 0. The summed E-state index contributed by atoms with van der Waals surface area (Å²) in [5.74, 6) is -0.0900. The molecular formula is C21H24N2O2. The van der Waals surface area contributed by atoms with Crippen LogP contribution in [0.4, 0.5) is 5.69 Å². The number of rotatable bonds is 3. The monoisotopic (exact) mass is 336 g/mol. The Morgan fingerprint density at radius 2 is 1.68 bits per heavy atom. The summed E-state index contributed by atoms with van der Waals surface area (Å²) in [6.07, 6.45) is 0.334. The van der Waals surface area contributed by atoms with Crippen LogP contribution in [0.2, 0.25) is 0 Å². The van der Waals surface area contributed by atoms with Crippen LogP contribution < -0.4 is 10.2 Å². The van der Waals surface area contributed by atoms with Crippen LogP contribution in [0.25, 0.3) is 0 Å². The highest BCUT2D eigenvalue weighted by atomic mass is 16.2. The number of benzene rings is 2. The van der Waals surface area contributed by atoms with Crippen LogP contribution in [0.1, 0.15) is 43.1 Å². The summed E-state index contributed by atoms with van der Waals surface area (Å²) in [5, 5.41) is 2.98. The van der Waals surface area contributed by atoms with Crippen LogP contribution >= 0.6 is 0 Å². The van der Waals surface area contributed by atoms with E-state index in [1.54, 1.807) is 4.90 Å². The van der Waals surface area contributed by atoms with E-state index in [0.29, 0.717) is 18.5 Å². The minimum Gasteiger partial charge on any atom is -0.347 e. The van der Waals surface area contributed by atoms with E-state index in [1.165, 1.54) is 5.56 Å². The summed E-state index contributed by atoms with van der Waals surface area (Å²) in [7, 11) is 0. The fourth-order valence-corrected chi connectivity index (χ4v) is 3.05. The molecule has 4 nitrogen and oxygen atoms in total. The van der Waals surface area contributed by atoms with Crippen LogP contribution in [-0.2, 0) is 10.2 Å². The first-order valence-electron chi connectivity index (χ1n) is 8.61. The lowest BCUT2D eigenvalue weighted by Crippen LogP contribution is -2.37. The number of nitrogens with zero attached hydrogens (tertiary/aromatic N) is 1. The second-order valence-electron chi connectivity index (χ2n) is 7.54. The molecule has 0 aromatic heterocycles. The number of nitrogens with one attached hydrogen (secondary N) is 1. The second kappa shape index (κ2) is 6.71. The molecule has 0 bridgehead atoms. The van der Waals surface area contributed by atoms with Gasteiger partial charge in [0.15, 0.2) is 0 Å². The predicted molar refractivity (Wildman–Crippen MR) is 99.8 cm³/mol. The number of anilines is 1. The van der Waals surface area contributed by atoms with Gasteiger partial charge < -0.3 is 10.2 Å². The molecule has 1 atom stereocenters. The molecule has 130 valence electrons. The van der Waals surface area contributed by atoms with Gasteiger partial charge in [-0.15, -0.1) is 0 Å². The molecule has 25 heavy (non-hydrogen) atoms. The van der Waals surface area contributed by atoms with Crippen molar-refractivity contribution >= 4 is 17.5 Å². The van der Waals surface area contributed by atoms with Crippen molar-refractivity contribution in [1.82, 2.24) is 5.32 Å². The molecule has 3 rings (SSSR count). The van der Waals surface area contributed by atoms with Gasteiger partial charge in [0.2, 0.25) is 5.91 Å². The highest BCUT2D eigenvalue weighted by Gasteiger charge is 2.31. The molecule has 2 amide bonds. The largest absolute Gasteiger partial charge is 0.347 e. The normalized spacial score (nSPS) is 17.6. The maximum absolute atomic E-state index is 12.5. The van der Waals surface area contributed by atoms with Crippen LogP contribution in [0.3, 0.4) is 0 Å². The Kier molecular flexibility index (Phi) is 4.62. The van der Waals surface area contributed by atoms with E-state index < -0.39 is 0 Å². The summed E-state index contributed by atoms with van der Waals surface area (Å²) >= 11 is 0. The number of hydrogen-bond acceptors (Lipinski definition) is 2. The van der Waals surface area contributed by atoms with Crippen molar-refractivity contribution in [2.24, 2.45) is 0 Å². The Morgan fingerprint density at radius 3 is 2.28 bits per heavy atom. The molecule has 0 aliphatic carbocycles. The molecule has 4 heteroatoms. The van der Waals surface area contributed by atoms with Crippen LogP contribution in [0.5, 0.6) is 0 Å². The van der Waals surface area contributed by atoms with Crippen LogP contribution in [0.15, 0.2) is 54.6 Å². The van der Waals surface area contributed by atoms with Gasteiger partial charge in [-0.05, 0) is 35.2 Å². The Labute approximate surface area is 148 Å². The molecule has 1 heterocycles. The van der Waals surface area contributed by atoms with Crippen molar-refractivity contribution in [3.63, 3.8) is 0 Å². The first kappa shape index (κ1) is 17.2. The smallest absolute Gasteiger partial charge is 0.251 e. The average Bonchev–Trinajstić information content (AvgIpc) is 2.95. The van der Waals surface area contributed by atoms with Gasteiger partial charge in [0.1, 0.15) is 0 Å². The van der Waals surface area contributed by atoms with E-state index >= 15 is 0 Å². The highest BCUT2D eigenvalue weighted by Crippen LogP contribution is 2.23. The Hall–Kier alpha value is -2.62. The van der Waals surface area contributed by atoms with E-state index in [9.17, 15) is 9.59 Å². The predicted octanol–water partition coefficient (Wildman–Crippen LogP) is 3.52. The third-order valence-electron chi connectivity index (χ3n) is 4.54. The number of amides is 2. The molecule has 1 aliphatic heterocycles. The quantitative estimate of drug-likeness (QED) is 0.932. The minimum atomic E-state index is -0.164. The minimum absolute atomic E-state index is 0.0413. The van der Waals surface area contributed by atoms with Crippen LogP contribution in [-0.4, -0.2) is 24.4 Å². The SMILES string of the molecule is CC(C)(C)c1ccc(C(=O)N[C@@H]2CC(=O)N(c3ccccc3)C2)cc1. The maximum atomic E-state index is 12.5. The van der Waals surface area contributed by atoms with Gasteiger partial charge in [-0.1, -0.05) is 51.1 Å². The number of para-hydroxylation sites is 1. The van der Waals surface area contributed by atoms with Crippen LogP contribution in [0, 0.1) is 0 Å². The fourth-order valence-electron chi connectivity index (χ4n) is 3.05. The number of carbonyl (C=O) groups excluding carboxylic acids is 2. The van der Waals surface area contributed by atoms with Gasteiger partial charge in [0.25, 0.3) is 5.91 Å². The van der Waals surface area contributed by atoms with Gasteiger partial charge >= 0.3 is 0 Å². The topological polar surface area (TPSA) is 49.4 Å². The average molecular weight is 336 g/mol. The van der Waals surface area contributed by atoms with E-state index in [0.717, 1.165) is 5.69 Å². The first-order valence-corrected chi connectivity index (χ1v) is 8.61. The van der Waals surface area contributed by atoms with E-state index in [4.69, 9.17) is 0 Å². The summed E-state index contributed by atoms with van der Waals surface area (Å²) in [5.41, 5.74) is 2.75. The lowest BCUT2D eigenvalue weighted by Gasteiger charge is -2.19. The lowest BCUT2D eigenvalue weighted by atomic mass is 9.86. The summed E-state index contributed by atoms with van der Waals surface area (Å²) in [6.45, 7) is 6.94. The molecule has 0 saturated carbocycles. The van der Waals surface area contributed by atoms with E-state index in [2.05, 4.69) is 26.1 Å². The van der Waals surface area contributed by atoms with E-state index in [1.807, 2.05) is 54.6 Å².